The molecule has 0 spiro atoms. The third kappa shape index (κ3) is 5.30. The third-order valence-electron chi connectivity index (χ3n) is 13.2. The van der Waals surface area contributed by atoms with E-state index in [1.807, 2.05) is 109 Å². The van der Waals surface area contributed by atoms with Gasteiger partial charge in [0.1, 0.15) is 0 Å². The Morgan fingerprint density at radius 1 is 0.279 bits per heavy atom. The van der Waals surface area contributed by atoms with Crippen LogP contribution in [0.3, 0.4) is 0 Å². The van der Waals surface area contributed by atoms with Crippen LogP contribution in [0.5, 0.6) is 0 Å². The molecule has 2 aromatic heterocycles. The number of benzene rings is 9. The van der Waals surface area contributed by atoms with Gasteiger partial charge in [-0.05, 0) is 96.1 Å². The Kier molecular flexibility index (Phi) is 8.35. The second kappa shape index (κ2) is 14.0. The molecular weight excluding hydrogens is 933 g/mol. The van der Waals surface area contributed by atoms with E-state index in [-0.39, 0.29) is 39.2 Å². The summed E-state index contributed by atoms with van der Waals surface area (Å²) in [5, 5.41) is 2.86. The molecule has 0 unspecified atom stereocenters. The molecule has 2 aliphatic rings. The van der Waals surface area contributed by atoms with Gasteiger partial charge in [0, 0.05) is 44.0 Å². The van der Waals surface area contributed by atoms with E-state index in [9.17, 15) is 33.7 Å². The molecule has 4 heterocycles. The summed E-state index contributed by atoms with van der Waals surface area (Å²) in [6.45, 7) is 0. The van der Waals surface area contributed by atoms with Crippen LogP contribution >= 0.6 is 0 Å². The van der Waals surface area contributed by atoms with Crippen LogP contribution in [-0.2, 0) is 39.3 Å². The smallest absolute Gasteiger partial charge is 0.209 e. The van der Waals surface area contributed by atoms with Crippen molar-refractivity contribution in [1.29, 1.82) is 0 Å². The molecular formula is C54H32N2O8S4. The normalized spacial score (nSPS) is 16.0. The molecule has 0 saturated heterocycles. The fraction of sp³-hybridized carbons (Fsp3) is 0. The Bertz CT molecular complexity index is 4410. The molecule has 0 fully saturated rings. The fourth-order valence-electron chi connectivity index (χ4n) is 10.4. The molecule has 330 valence electrons. The summed E-state index contributed by atoms with van der Waals surface area (Å²) in [4.78, 5) is -2.54. The second-order valence-electron chi connectivity index (χ2n) is 16.8. The van der Waals surface area contributed by atoms with Crippen LogP contribution in [-0.4, -0.2) is 42.8 Å². The highest BCUT2D eigenvalue weighted by atomic mass is 32.2. The zero-order valence-corrected chi connectivity index (χ0v) is 38.5. The lowest BCUT2D eigenvalue weighted by molar-refractivity contribution is 0.570. The van der Waals surface area contributed by atoms with E-state index in [4.69, 9.17) is 0 Å². The molecule has 0 saturated carbocycles. The van der Waals surface area contributed by atoms with Crippen molar-refractivity contribution in [2.45, 2.75) is 39.2 Å². The van der Waals surface area contributed by atoms with E-state index in [0.717, 1.165) is 33.2 Å². The van der Waals surface area contributed by atoms with Crippen LogP contribution in [0, 0.1) is 0 Å². The zero-order valence-electron chi connectivity index (χ0n) is 35.3. The first kappa shape index (κ1) is 40.6. The van der Waals surface area contributed by atoms with Crippen molar-refractivity contribution in [1.82, 2.24) is 9.13 Å². The van der Waals surface area contributed by atoms with Crippen LogP contribution in [0.1, 0.15) is 0 Å². The maximum Gasteiger partial charge on any atom is 0.209 e. The molecule has 2 aliphatic heterocycles. The van der Waals surface area contributed by atoms with Crippen LogP contribution in [0.25, 0.3) is 77.2 Å². The zero-order chi connectivity index (χ0) is 46.5. The molecule has 0 aliphatic carbocycles. The van der Waals surface area contributed by atoms with E-state index in [2.05, 4.69) is 9.13 Å². The molecule has 9 aromatic carbocycles. The molecule has 10 nitrogen and oxygen atoms in total. The van der Waals surface area contributed by atoms with E-state index in [1.54, 1.807) is 12.1 Å². The van der Waals surface area contributed by atoms with E-state index in [0.29, 0.717) is 44.1 Å². The van der Waals surface area contributed by atoms with Crippen molar-refractivity contribution >= 4 is 83.0 Å². The van der Waals surface area contributed by atoms with E-state index < -0.39 is 39.3 Å². The van der Waals surface area contributed by atoms with Gasteiger partial charge in [-0.1, -0.05) is 109 Å². The van der Waals surface area contributed by atoms with Crippen LogP contribution < -0.4 is 0 Å². The summed E-state index contributed by atoms with van der Waals surface area (Å²) >= 11 is 0. The Balaban J connectivity index is 1.28. The minimum absolute atomic E-state index is 0.283. The number of fused-ring (bicyclic) bond motifs is 10. The predicted octanol–water partition coefficient (Wildman–Crippen LogP) is 11.2. The molecule has 11 aromatic rings. The molecule has 14 heteroatoms. The average Bonchev–Trinajstić information content (AvgIpc) is 3.89. The Labute approximate surface area is 390 Å². The first-order valence-corrected chi connectivity index (χ1v) is 27.3. The number of sulfone groups is 4. The van der Waals surface area contributed by atoms with Gasteiger partial charge in [-0.25, -0.2) is 33.7 Å². The molecule has 13 rings (SSSR count). The van der Waals surface area contributed by atoms with Gasteiger partial charge in [0.15, 0.2) is 0 Å². The SMILES string of the molecule is O=S1(=O)c2ccccc2S(=O)(=O)c2cc(-c3c4c5ccccc5n(-c5ccccc5)c4c(-c4ccc5c(c4)S(=O)(=O)c4ccccc4S5(=O)=O)c4c3c3ccccc3n4-c3ccccc3)ccc21. The highest BCUT2D eigenvalue weighted by Crippen LogP contribution is 2.54. The summed E-state index contributed by atoms with van der Waals surface area (Å²) in [7, 11) is -17.3. The summed E-state index contributed by atoms with van der Waals surface area (Å²) in [5.41, 5.74) is 6.25. The first-order valence-electron chi connectivity index (χ1n) is 21.4. The number of nitrogens with zero attached hydrogens (tertiary/aromatic N) is 2. The molecule has 0 radical (unpaired) electrons. The Morgan fingerprint density at radius 3 is 0.985 bits per heavy atom. The summed E-state index contributed by atoms with van der Waals surface area (Å²) in [6.07, 6.45) is 0. The van der Waals surface area contributed by atoms with Crippen molar-refractivity contribution in [2.24, 2.45) is 0 Å². The van der Waals surface area contributed by atoms with Crippen molar-refractivity contribution in [3.05, 3.63) is 194 Å². The highest BCUT2D eigenvalue weighted by molar-refractivity contribution is 7.98. The topological polar surface area (TPSA) is 146 Å². The molecule has 0 N–H and O–H groups in total. The lowest BCUT2D eigenvalue weighted by Crippen LogP contribution is -2.19. The third-order valence-corrected chi connectivity index (χ3v) is 21.2. The summed E-state index contributed by atoms with van der Waals surface area (Å²) in [6, 6.07) is 55.1. The minimum atomic E-state index is -4.38. The maximum absolute atomic E-state index is 14.7. The quantitative estimate of drug-likeness (QED) is 0.169. The predicted molar refractivity (Wildman–Crippen MR) is 261 cm³/mol. The van der Waals surface area contributed by atoms with Gasteiger partial charge in [-0.2, -0.15) is 0 Å². The minimum Gasteiger partial charge on any atom is -0.309 e. The number of hydrogen-bond acceptors (Lipinski definition) is 8. The average molecular weight is 965 g/mol. The van der Waals surface area contributed by atoms with Gasteiger partial charge in [0.05, 0.1) is 61.2 Å². The van der Waals surface area contributed by atoms with Crippen LogP contribution in [0.4, 0.5) is 0 Å². The number of aromatic nitrogens is 2. The van der Waals surface area contributed by atoms with E-state index in [1.165, 1.54) is 72.8 Å². The highest BCUT2D eigenvalue weighted by Gasteiger charge is 2.42. The van der Waals surface area contributed by atoms with Gasteiger partial charge in [-0.3, -0.25) is 0 Å². The van der Waals surface area contributed by atoms with Crippen molar-refractivity contribution in [3.8, 4) is 33.6 Å². The van der Waals surface area contributed by atoms with Crippen LogP contribution in [0.2, 0.25) is 0 Å². The first-order chi connectivity index (χ1) is 32.8. The summed E-state index contributed by atoms with van der Waals surface area (Å²) < 4.78 is 120. The van der Waals surface area contributed by atoms with Gasteiger partial charge < -0.3 is 9.13 Å². The Hall–Kier alpha value is -7.62. The number of hydrogen-bond donors (Lipinski definition) is 0. The molecule has 0 atom stereocenters. The number of rotatable bonds is 4. The lowest BCUT2D eigenvalue weighted by atomic mass is 9.89. The molecule has 0 bridgehead atoms. The summed E-state index contributed by atoms with van der Waals surface area (Å²) in [5.74, 6) is 0. The molecule has 68 heavy (non-hydrogen) atoms. The monoisotopic (exact) mass is 964 g/mol. The van der Waals surface area contributed by atoms with Gasteiger partial charge in [0.2, 0.25) is 39.3 Å². The fourth-order valence-corrected chi connectivity index (χ4v) is 18.7. The van der Waals surface area contributed by atoms with Gasteiger partial charge in [-0.15, -0.1) is 0 Å². The largest absolute Gasteiger partial charge is 0.309 e. The number of para-hydroxylation sites is 4. The lowest BCUT2D eigenvalue weighted by Gasteiger charge is -2.23. The van der Waals surface area contributed by atoms with Crippen molar-refractivity contribution in [3.63, 3.8) is 0 Å². The van der Waals surface area contributed by atoms with Crippen LogP contribution in [0.15, 0.2) is 233 Å². The van der Waals surface area contributed by atoms with Gasteiger partial charge >= 0.3 is 0 Å². The molecule has 0 amide bonds. The van der Waals surface area contributed by atoms with Crippen molar-refractivity contribution in [2.75, 3.05) is 0 Å². The van der Waals surface area contributed by atoms with E-state index >= 15 is 0 Å². The Morgan fingerprint density at radius 2 is 0.588 bits per heavy atom. The van der Waals surface area contributed by atoms with Gasteiger partial charge in [0.25, 0.3) is 0 Å². The standard InChI is InChI=1S/C54H32N2O8S4/c57-65(58)41-23-11-13-25-43(41)67(61,62)47-31-33(27-29-45(47)65)49-51-37-19-7-9-21-39(37)55(35-15-3-1-4-16-35)53(51)50(54-52(49)38-20-8-10-22-40(38)56(54)36-17-5-2-6-18-36)34-28-30-46-48(32-34)68(63,64)44-26-14-12-24-42(44)66(46,59)60/h1-32H. The maximum atomic E-state index is 14.7. The second-order valence-corrected chi connectivity index (χ2v) is 24.3. The van der Waals surface area contributed by atoms with Crippen molar-refractivity contribution < 1.29 is 33.7 Å².